The zero-order valence-corrected chi connectivity index (χ0v) is 18.9. The van der Waals surface area contributed by atoms with Gasteiger partial charge < -0.3 is 4.90 Å². The number of thioether (sulfide) groups is 1. The highest BCUT2D eigenvalue weighted by molar-refractivity contribution is 7.99. The number of nitrogens with zero attached hydrogens (tertiary/aromatic N) is 3. The fourth-order valence-electron chi connectivity index (χ4n) is 3.73. The first-order valence-corrected chi connectivity index (χ1v) is 11.6. The van der Waals surface area contributed by atoms with Crippen molar-refractivity contribution in [2.24, 2.45) is 0 Å². The van der Waals surface area contributed by atoms with Gasteiger partial charge in [0.25, 0.3) is 5.56 Å². The topological polar surface area (TPSA) is 55.2 Å². The number of amides is 1. The lowest BCUT2D eigenvalue weighted by Crippen LogP contribution is -2.32. The van der Waals surface area contributed by atoms with E-state index >= 15 is 0 Å². The van der Waals surface area contributed by atoms with Gasteiger partial charge in [-0.05, 0) is 54.4 Å². The Bertz CT molecular complexity index is 1350. The fourth-order valence-corrected chi connectivity index (χ4v) is 4.69. The molecule has 0 atom stereocenters. The molecule has 0 unspecified atom stereocenters. The highest BCUT2D eigenvalue weighted by Gasteiger charge is 2.17. The van der Waals surface area contributed by atoms with Gasteiger partial charge in [0.1, 0.15) is 5.82 Å². The first-order valence-electron chi connectivity index (χ1n) is 10.6. The van der Waals surface area contributed by atoms with Crippen LogP contribution in [0.1, 0.15) is 19.4 Å². The van der Waals surface area contributed by atoms with Crippen LogP contribution >= 0.6 is 11.8 Å². The summed E-state index contributed by atoms with van der Waals surface area (Å²) in [7, 11) is 0. The van der Waals surface area contributed by atoms with Gasteiger partial charge in [0.2, 0.25) is 5.91 Å². The molecule has 7 heteroatoms. The molecule has 4 rings (SSSR count). The smallest absolute Gasteiger partial charge is 0.262 e. The monoisotopic (exact) mass is 449 g/mol. The van der Waals surface area contributed by atoms with Gasteiger partial charge in [-0.15, -0.1) is 0 Å². The predicted molar refractivity (Wildman–Crippen MR) is 127 cm³/mol. The zero-order valence-electron chi connectivity index (χ0n) is 18.0. The van der Waals surface area contributed by atoms with Crippen LogP contribution in [-0.2, 0) is 17.9 Å². The predicted octanol–water partition coefficient (Wildman–Crippen LogP) is 4.85. The van der Waals surface area contributed by atoms with E-state index in [1.165, 1.54) is 23.9 Å². The van der Waals surface area contributed by atoms with Crippen molar-refractivity contribution in [1.29, 1.82) is 0 Å². The van der Waals surface area contributed by atoms with Crippen LogP contribution in [0.2, 0.25) is 0 Å². The second-order valence-electron chi connectivity index (χ2n) is 7.49. The molecule has 0 aliphatic heterocycles. The molecule has 1 aromatic heterocycles. The number of hydrogen-bond donors (Lipinski definition) is 0. The summed E-state index contributed by atoms with van der Waals surface area (Å²) in [6, 6.07) is 17.9. The Morgan fingerprint density at radius 3 is 2.50 bits per heavy atom. The SMILES string of the molecule is CCN(Cc1cccc(F)c1)C(=O)CSc1nc2cc3ccccc3cc2c(=O)n1CC. The van der Waals surface area contributed by atoms with E-state index in [0.29, 0.717) is 35.7 Å². The molecule has 0 saturated carbocycles. The van der Waals surface area contributed by atoms with Crippen molar-refractivity contribution >= 4 is 39.3 Å². The molecule has 0 aliphatic rings. The lowest BCUT2D eigenvalue weighted by Gasteiger charge is -2.21. The zero-order chi connectivity index (χ0) is 22.7. The molecular formula is C25H24FN3O2S. The lowest BCUT2D eigenvalue weighted by molar-refractivity contribution is -0.128. The summed E-state index contributed by atoms with van der Waals surface area (Å²) in [6.45, 7) is 5.10. The van der Waals surface area contributed by atoms with Crippen LogP contribution in [0.3, 0.4) is 0 Å². The number of fused-ring (bicyclic) bond motifs is 2. The van der Waals surface area contributed by atoms with Gasteiger partial charge in [-0.1, -0.05) is 48.2 Å². The average molecular weight is 450 g/mol. The minimum atomic E-state index is -0.319. The summed E-state index contributed by atoms with van der Waals surface area (Å²) in [5.74, 6) is -0.258. The van der Waals surface area contributed by atoms with Crippen LogP contribution in [0.15, 0.2) is 70.6 Å². The number of benzene rings is 3. The van der Waals surface area contributed by atoms with E-state index in [1.807, 2.05) is 50.2 Å². The van der Waals surface area contributed by atoms with Crippen molar-refractivity contribution < 1.29 is 9.18 Å². The summed E-state index contributed by atoms with van der Waals surface area (Å²) in [6.07, 6.45) is 0. The van der Waals surface area contributed by atoms with Gasteiger partial charge in [0, 0.05) is 19.6 Å². The Balaban J connectivity index is 1.59. The third kappa shape index (κ3) is 4.53. The molecule has 32 heavy (non-hydrogen) atoms. The normalized spacial score (nSPS) is 11.2. The van der Waals surface area contributed by atoms with Crippen LogP contribution in [0.5, 0.6) is 0 Å². The third-order valence-electron chi connectivity index (χ3n) is 5.42. The molecule has 5 nitrogen and oxygen atoms in total. The molecular weight excluding hydrogens is 425 g/mol. The van der Waals surface area contributed by atoms with Gasteiger partial charge in [0.15, 0.2) is 5.16 Å². The second kappa shape index (κ2) is 9.53. The maximum atomic E-state index is 13.5. The Morgan fingerprint density at radius 2 is 1.81 bits per heavy atom. The van der Waals surface area contributed by atoms with E-state index in [0.717, 1.165) is 16.3 Å². The van der Waals surface area contributed by atoms with Crippen molar-refractivity contribution in [1.82, 2.24) is 14.5 Å². The molecule has 164 valence electrons. The average Bonchev–Trinajstić information content (AvgIpc) is 2.80. The second-order valence-corrected chi connectivity index (χ2v) is 8.43. The van der Waals surface area contributed by atoms with E-state index in [2.05, 4.69) is 0 Å². The number of rotatable bonds is 7. The van der Waals surface area contributed by atoms with E-state index in [1.54, 1.807) is 21.6 Å². The summed E-state index contributed by atoms with van der Waals surface area (Å²) in [5.41, 5.74) is 1.26. The van der Waals surface area contributed by atoms with Crippen molar-refractivity contribution in [2.75, 3.05) is 12.3 Å². The summed E-state index contributed by atoms with van der Waals surface area (Å²) < 4.78 is 15.1. The standard InChI is InChI=1S/C25H24FN3O2S/c1-3-28(15-17-8-7-11-20(26)12-17)23(30)16-32-25-27-22-14-19-10-6-5-9-18(19)13-21(22)24(31)29(25)4-2/h5-14H,3-4,15-16H2,1-2H3. The van der Waals surface area contributed by atoms with Gasteiger partial charge in [-0.3, -0.25) is 14.2 Å². The Labute approximate surface area is 189 Å². The first-order chi connectivity index (χ1) is 15.5. The summed E-state index contributed by atoms with van der Waals surface area (Å²) in [4.78, 5) is 32.4. The van der Waals surface area contributed by atoms with E-state index < -0.39 is 0 Å². The first kappa shape index (κ1) is 22.0. The highest BCUT2D eigenvalue weighted by atomic mass is 32.2. The van der Waals surface area contributed by atoms with Gasteiger partial charge in [0.05, 0.1) is 16.7 Å². The minimum Gasteiger partial charge on any atom is -0.338 e. The van der Waals surface area contributed by atoms with Crippen molar-refractivity contribution in [3.63, 3.8) is 0 Å². The van der Waals surface area contributed by atoms with E-state index in [-0.39, 0.29) is 23.0 Å². The van der Waals surface area contributed by atoms with Crippen LogP contribution in [0.25, 0.3) is 21.7 Å². The van der Waals surface area contributed by atoms with Crippen molar-refractivity contribution in [3.8, 4) is 0 Å². The molecule has 0 fully saturated rings. The highest BCUT2D eigenvalue weighted by Crippen LogP contribution is 2.23. The van der Waals surface area contributed by atoms with E-state index in [9.17, 15) is 14.0 Å². The van der Waals surface area contributed by atoms with Crippen LogP contribution in [0, 0.1) is 5.82 Å². The molecule has 0 N–H and O–H groups in total. The van der Waals surface area contributed by atoms with Crippen molar-refractivity contribution in [2.45, 2.75) is 32.1 Å². The molecule has 4 aromatic rings. The fraction of sp³-hybridized carbons (Fsp3) is 0.240. The van der Waals surface area contributed by atoms with Gasteiger partial charge in [-0.2, -0.15) is 0 Å². The van der Waals surface area contributed by atoms with Crippen molar-refractivity contribution in [3.05, 3.63) is 82.4 Å². The molecule has 0 spiro atoms. The van der Waals surface area contributed by atoms with Gasteiger partial charge in [-0.25, -0.2) is 9.37 Å². The number of carbonyl (C=O) groups is 1. The molecule has 0 aliphatic carbocycles. The summed E-state index contributed by atoms with van der Waals surface area (Å²) in [5, 5.41) is 3.10. The largest absolute Gasteiger partial charge is 0.338 e. The Kier molecular flexibility index (Phi) is 6.55. The number of aromatic nitrogens is 2. The summed E-state index contributed by atoms with van der Waals surface area (Å²) >= 11 is 1.26. The maximum absolute atomic E-state index is 13.5. The molecule has 0 bridgehead atoms. The minimum absolute atomic E-state index is 0.0859. The number of halogens is 1. The molecule has 3 aromatic carbocycles. The number of carbonyl (C=O) groups excluding carboxylic acids is 1. The molecule has 1 amide bonds. The maximum Gasteiger partial charge on any atom is 0.262 e. The third-order valence-corrected chi connectivity index (χ3v) is 6.39. The molecule has 0 radical (unpaired) electrons. The Morgan fingerprint density at radius 1 is 1.06 bits per heavy atom. The Hall–Kier alpha value is -3.19. The molecule has 0 saturated heterocycles. The molecule has 1 heterocycles. The quantitative estimate of drug-likeness (QED) is 0.230. The van der Waals surface area contributed by atoms with Crippen LogP contribution in [0.4, 0.5) is 4.39 Å². The number of hydrogen-bond acceptors (Lipinski definition) is 4. The van der Waals surface area contributed by atoms with Gasteiger partial charge >= 0.3 is 0 Å². The van der Waals surface area contributed by atoms with Crippen LogP contribution < -0.4 is 5.56 Å². The van der Waals surface area contributed by atoms with Crippen LogP contribution in [-0.4, -0.2) is 32.7 Å². The lowest BCUT2D eigenvalue weighted by atomic mass is 10.1. The van der Waals surface area contributed by atoms with E-state index in [4.69, 9.17) is 4.98 Å².